The third-order valence-electron chi connectivity index (χ3n) is 4.35. The summed E-state index contributed by atoms with van der Waals surface area (Å²) in [4.78, 5) is 12.3. The van der Waals surface area contributed by atoms with Crippen molar-refractivity contribution in [2.24, 2.45) is 0 Å². The average Bonchev–Trinajstić information content (AvgIpc) is 2.73. The molecule has 5 nitrogen and oxygen atoms in total. The van der Waals surface area contributed by atoms with Gasteiger partial charge in [0, 0.05) is 6.54 Å². The molecular weight excluding hydrogens is 354 g/mol. The van der Waals surface area contributed by atoms with E-state index in [0.717, 1.165) is 16.7 Å². The van der Waals surface area contributed by atoms with Crippen LogP contribution in [0.1, 0.15) is 12.5 Å². The molecule has 144 valence electrons. The molecule has 0 spiro atoms. The second kappa shape index (κ2) is 8.95. The fraction of sp³-hybridized carbons (Fsp3) is 0.174. The Kier molecular flexibility index (Phi) is 6.17. The van der Waals surface area contributed by atoms with E-state index in [1.54, 1.807) is 25.1 Å². The van der Waals surface area contributed by atoms with Gasteiger partial charge >= 0.3 is 0 Å². The molecular formula is C23H23NO4. The van der Waals surface area contributed by atoms with Crippen molar-refractivity contribution in [1.82, 2.24) is 5.32 Å². The third-order valence-corrected chi connectivity index (χ3v) is 4.35. The summed E-state index contributed by atoms with van der Waals surface area (Å²) in [6.07, 6.45) is -0.644. The number of phenolic OH excluding ortho intramolecular Hbond substituents is 1. The summed E-state index contributed by atoms with van der Waals surface area (Å²) in [6, 6.07) is 22.7. The van der Waals surface area contributed by atoms with Gasteiger partial charge in [0.25, 0.3) is 5.91 Å². The van der Waals surface area contributed by atoms with Gasteiger partial charge in [0.15, 0.2) is 17.6 Å². The fourth-order valence-corrected chi connectivity index (χ4v) is 2.79. The van der Waals surface area contributed by atoms with Gasteiger partial charge in [-0.05, 0) is 47.9 Å². The minimum Gasteiger partial charge on any atom is -0.504 e. The normalized spacial score (nSPS) is 11.5. The number of benzene rings is 3. The van der Waals surface area contributed by atoms with E-state index in [0.29, 0.717) is 11.5 Å². The van der Waals surface area contributed by atoms with Crippen LogP contribution >= 0.6 is 0 Å². The van der Waals surface area contributed by atoms with E-state index >= 15 is 0 Å². The molecule has 2 N–H and O–H groups in total. The highest BCUT2D eigenvalue weighted by atomic mass is 16.5. The molecule has 0 aromatic heterocycles. The van der Waals surface area contributed by atoms with Gasteiger partial charge < -0.3 is 19.9 Å². The van der Waals surface area contributed by atoms with Crippen LogP contribution in [0.2, 0.25) is 0 Å². The van der Waals surface area contributed by atoms with Crippen molar-refractivity contribution in [3.63, 3.8) is 0 Å². The molecule has 0 fully saturated rings. The van der Waals surface area contributed by atoms with Crippen molar-refractivity contribution in [3.8, 4) is 28.4 Å². The smallest absolute Gasteiger partial charge is 0.261 e. The number of methoxy groups -OCH3 is 1. The number of hydrogen-bond donors (Lipinski definition) is 2. The van der Waals surface area contributed by atoms with E-state index < -0.39 is 6.10 Å². The Balaban J connectivity index is 1.54. The summed E-state index contributed by atoms with van der Waals surface area (Å²) < 4.78 is 10.7. The Bertz CT molecular complexity index is 923. The van der Waals surface area contributed by atoms with Crippen molar-refractivity contribution >= 4 is 5.91 Å². The standard InChI is InChI=1S/C23H23NO4/c1-16(23(26)24-15-17-8-13-22(27-2)21(25)14-17)28-20-11-9-19(10-12-20)18-6-4-3-5-7-18/h3-14,16,25H,15H2,1-2H3,(H,24,26). The molecule has 0 heterocycles. The highest BCUT2D eigenvalue weighted by Crippen LogP contribution is 2.26. The molecule has 0 aliphatic heterocycles. The Labute approximate surface area is 164 Å². The van der Waals surface area contributed by atoms with Gasteiger partial charge in [-0.25, -0.2) is 0 Å². The number of carbonyl (C=O) groups is 1. The zero-order chi connectivity index (χ0) is 19.9. The first-order valence-electron chi connectivity index (χ1n) is 9.02. The van der Waals surface area contributed by atoms with Gasteiger partial charge in [-0.1, -0.05) is 48.5 Å². The highest BCUT2D eigenvalue weighted by Gasteiger charge is 2.14. The lowest BCUT2D eigenvalue weighted by atomic mass is 10.1. The van der Waals surface area contributed by atoms with Gasteiger partial charge in [-0.15, -0.1) is 0 Å². The molecule has 0 saturated carbocycles. The predicted octanol–water partition coefficient (Wildman–Crippen LogP) is 4.15. The SMILES string of the molecule is COc1ccc(CNC(=O)C(C)Oc2ccc(-c3ccccc3)cc2)cc1O. The Morgan fingerprint density at radius 3 is 2.32 bits per heavy atom. The minimum absolute atomic E-state index is 0.0389. The zero-order valence-electron chi connectivity index (χ0n) is 15.9. The Morgan fingerprint density at radius 2 is 1.68 bits per heavy atom. The number of rotatable bonds is 7. The molecule has 1 atom stereocenters. The number of carbonyl (C=O) groups excluding carboxylic acids is 1. The molecule has 0 radical (unpaired) electrons. The molecule has 3 aromatic rings. The zero-order valence-corrected chi connectivity index (χ0v) is 15.9. The van der Waals surface area contributed by atoms with Crippen LogP contribution in [0, 0.1) is 0 Å². The molecule has 3 aromatic carbocycles. The van der Waals surface area contributed by atoms with Crippen LogP contribution in [0.15, 0.2) is 72.8 Å². The molecule has 0 aliphatic rings. The van der Waals surface area contributed by atoms with Gasteiger partial charge in [-0.3, -0.25) is 4.79 Å². The summed E-state index contributed by atoms with van der Waals surface area (Å²) in [5.41, 5.74) is 2.98. The van der Waals surface area contributed by atoms with Crippen LogP contribution in [0.4, 0.5) is 0 Å². The Morgan fingerprint density at radius 1 is 1.00 bits per heavy atom. The number of aromatic hydroxyl groups is 1. The molecule has 0 aliphatic carbocycles. The number of hydrogen-bond acceptors (Lipinski definition) is 4. The van der Waals surface area contributed by atoms with Gasteiger partial charge in [-0.2, -0.15) is 0 Å². The first-order valence-corrected chi connectivity index (χ1v) is 9.02. The maximum atomic E-state index is 12.3. The van der Waals surface area contributed by atoms with Crippen molar-refractivity contribution < 1.29 is 19.4 Å². The van der Waals surface area contributed by atoms with Crippen molar-refractivity contribution in [2.45, 2.75) is 19.6 Å². The van der Waals surface area contributed by atoms with Gasteiger partial charge in [0.05, 0.1) is 7.11 Å². The van der Waals surface area contributed by atoms with E-state index in [1.165, 1.54) is 7.11 Å². The Hall–Kier alpha value is -3.47. The summed E-state index contributed by atoms with van der Waals surface area (Å²) in [7, 11) is 1.49. The predicted molar refractivity (Wildman–Crippen MR) is 108 cm³/mol. The first kappa shape index (κ1) is 19.3. The molecule has 1 amide bonds. The first-order chi connectivity index (χ1) is 13.6. The molecule has 0 saturated heterocycles. The minimum atomic E-state index is -0.644. The second-order valence-electron chi connectivity index (χ2n) is 6.37. The second-order valence-corrected chi connectivity index (χ2v) is 6.37. The van der Waals surface area contributed by atoms with Crippen LogP contribution in [0.3, 0.4) is 0 Å². The lowest BCUT2D eigenvalue weighted by Crippen LogP contribution is -2.35. The number of ether oxygens (including phenoxy) is 2. The lowest BCUT2D eigenvalue weighted by Gasteiger charge is -2.15. The van der Waals surface area contributed by atoms with Crippen molar-refractivity contribution in [2.75, 3.05) is 7.11 Å². The monoisotopic (exact) mass is 377 g/mol. The van der Waals surface area contributed by atoms with E-state index in [9.17, 15) is 9.90 Å². The molecule has 3 rings (SSSR count). The van der Waals surface area contributed by atoms with Crippen LogP contribution < -0.4 is 14.8 Å². The summed E-state index contributed by atoms with van der Waals surface area (Å²) in [6.45, 7) is 1.99. The van der Waals surface area contributed by atoms with E-state index in [4.69, 9.17) is 9.47 Å². The van der Waals surface area contributed by atoms with Crippen LogP contribution in [0.25, 0.3) is 11.1 Å². The molecule has 28 heavy (non-hydrogen) atoms. The third kappa shape index (κ3) is 4.82. The fourth-order valence-electron chi connectivity index (χ4n) is 2.79. The van der Waals surface area contributed by atoms with E-state index in [1.807, 2.05) is 54.6 Å². The number of nitrogens with one attached hydrogen (secondary N) is 1. The summed E-state index contributed by atoms with van der Waals surface area (Å²) in [5, 5.41) is 12.6. The van der Waals surface area contributed by atoms with Crippen LogP contribution in [-0.4, -0.2) is 24.2 Å². The van der Waals surface area contributed by atoms with Crippen LogP contribution in [-0.2, 0) is 11.3 Å². The summed E-state index contributed by atoms with van der Waals surface area (Å²) >= 11 is 0. The van der Waals surface area contributed by atoms with Gasteiger partial charge in [0.2, 0.25) is 0 Å². The number of amides is 1. The van der Waals surface area contributed by atoms with E-state index in [2.05, 4.69) is 5.32 Å². The lowest BCUT2D eigenvalue weighted by molar-refractivity contribution is -0.127. The average molecular weight is 377 g/mol. The van der Waals surface area contributed by atoms with E-state index in [-0.39, 0.29) is 18.2 Å². The maximum Gasteiger partial charge on any atom is 0.261 e. The summed E-state index contributed by atoms with van der Waals surface area (Å²) in [5.74, 6) is 0.828. The van der Waals surface area contributed by atoms with Crippen molar-refractivity contribution in [3.05, 3.63) is 78.4 Å². The maximum absolute atomic E-state index is 12.3. The quantitative estimate of drug-likeness (QED) is 0.649. The largest absolute Gasteiger partial charge is 0.504 e. The molecule has 1 unspecified atom stereocenters. The molecule has 5 heteroatoms. The topological polar surface area (TPSA) is 67.8 Å². The van der Waals surface area contributed by atoms with Crippen molar-refractivity contribution in [1.29, 1.82) is 0 Å². The highest BCUT2D eigenvalue weighted by molar-refractivity contribution is 5.80. The van der Waals surface area contributed by atoms with Gasteiger partial charge in [0.1, 0.15) is 5.75 Å². The molecule has 0 bridgehead atoms. The number of phenols is 1. The van der Waals surface area contributed by atoms with Crippen LogP contribution in [0.5, 0.6) is 17.2 Å².